The molecule has 0 unspecified atom stereocenters. The van der Waals surface area contributed by atoms with E-state index in [-0.39, 0.29) is 11.1 Å². The van der Waals surface area contributed by atoms with Gasteiger partial charge in [-0.1, -0.05) is 271 Å². The summed E-state index contributed by atoms with van der Waals surface area (Å²) in [6.45, 7) is 4.57. The van der Waals surface area contributed by atoms with E-state index in [1.165, 1.54) is 231 Å². The molecule has 4 nitrogen and oxygen atoms in total. The highest BCUT2D eigenvalue weighted by atomic mass is 16.4. The van der Waals surface area contributed by atoms with Crippen molar-refractivity contribution in [1.82, 2.24) is 0 Å². The van der Waals surface area contributed by atoms with Gasteiger partial charge >= 0.3 is 11.9 Å². The molecular weight excluding hydrogens is 665 g/mol. The van der Waals surface area contributed by atoms with Gasteiger partial charge in [0.1, 0.15) is 0 Å². The van der Waals surface area contributed by atoms with Crippen molar-refractivity contribution in [2.45, 2.75) is 296 Å². The topological polar surface area (TPSA) is 74.6 Å². The molecule has 0 saturated carbocycles. The Morgan fingerprint density at radius 3 is 0.500 bits per heavy atom. The maximum atomic E-state index is 12.0. The van der Waals surface area contributed by atoms with Crippen molar-refractivity contribution in [3.63, 3.8) is 0 Å². The SMILES string of the molecule is CCCCCCCCCCCCCCCCCCCCCCCC(C(=O)O)=C(CCCCCCCCCCCCCCCCCCCCCCC)C(=O)O. The fraction of sp³-hybridized carbons (Fsp3) is 0.920. The average molecular weight is 761 g/mol. The van der Waals surface area contributed by atoms with Crippen molar-refractivity contribution >= 4 is 11.9 Å². The van der Waals surface area contributed by atoms with Crippen LogP contribution < -0.4 is 0 Å². The zero-order valence-electron chi connectivity index (χ0n) is 36.8. The van der Waals surface area contributed by atoms with Crippen molar-refractivity contribution in [2.75, 3.05) is 0 Å². The van der Waals surface area contributed by atoms with E-state index in [9.17, 15) is 19.8 Å². The summed E-state index contributed by atoms with van der Waals surface area (Å²) >= 11 is 0. The van der Waals surface area contributed by atoms with Gasteiger partial charge in [0.25, 0.3) is 0 Å². The first-order valence-electron chi connectivity index (χ1n) is 24.7. The van der Waals surface area contributed by atoms with E-state index >= 15 is 0 Å². The Bertz CT molecular complexity index is 751. The summed E-state index contributed by atoms with van der Waals surface area (Å²) in [6, 6.07) is 0. The molecule has 0 aliphatic heterocycles. The largest absolute Gasteiger partial charge is 0.478 e. The highest BCUT2D eigenvalue weighted by molar-refractivity contribution is 5.98. The molecule has 0 rings (SSSR count). The number of aliphatic carboxylic acids is 2. The van der Waals surface area contributed by atoms with Crippen LogP contribution in [0.1, 0.15) is 296 Å². The van der Waals surface area contributed by atoms with Crippen molar-refractivity contribution in [2.24, 2.45) is 0 Å². The van der Waals surface area contributed by atoms with Gasteiger partial charge in [0.15, 0.2) is 0 Å². The fourth-order valence-electron chi connectivity index (χ4n) is 8.24. The summed E-state index contributed by atoms with van der Waals surface area (Å²) < 4.78 is 0. The highest BCUT2D eigenvalue weighted by Crippen LogP contribution is 2.22. The summed E-state index contributed by atoms with van der Waals surface area (Å²) in [7, 11) is 0. The standard InChI is InChI=1S/C50H96O4/c1-3-5-7-9-11-13-15-17-19-21-23-25-27-29-31-33-35-37-39-41-43-45-47(49(51)52)48(50(53)54)46-44-42-40-38-36-34-32-30-28-26-24-22-20-18-16-14-12-10-8-6-4-2/h3-46H2,1-2H3,(H,51,52)(H,53,54). The Hall–Kier alpha value is -1.32. The predicted octanol–water partition coefficient (Wildman–Crippen LogP) is 17.7. The summed E-state index contributed by atoms with van der Waals surface area (Å²) in [5.74, 6) is -2.08. The van der Waals surface area contributed by atoms with Crippen molar-refractivity contribution in [3.8, 4) is 0 Å². The number of carboxylic acids is 2. The second-order valence-corrected chi connectivity index (χ2v) is 17.2. The lowest BCUT2D eigenvalue weighted by atomic mass is 9.96. The van der Waals surface area contributed by atoms with Gasteiger partial charge in [0, 0.05) is 11.1 Å². The quantitative estimate of drug-likeness (QED) is 0.0479. The molecule has 0 heterocycles. The lowest BCUT2D eigenvalue weighted by Gasteiger charge is -2.10. The third-order valence-corrected chi connectivity index (χ3v) is 11.9. The maximum absolute atomic E-state index is 12.0. The van der Waals surface area contributed by atoms with Gasteiger partial charge in [-0.3, -0.25) is 0 Å². The van der Waals surface area contributed by atoms with Crippen molar-refractivity contribution in [1.29, 1.82) is 0 Å². The minimum atomic E-state index is -1.04. The molecule has 0 aromatic rings. The average Bonchev–Trinajstić information content (AvgIpc) is 3.16. The number of hydrogen-bond donors (Lipinski definition) is 2. The second-order valence-electron chi connectivity index (χ2n) is 17.2. The molecule has 0 fully saturated rings. The van der Waals surface area contributed by atoms with Gasteiger partial charge in [0.05, 0.1) is 0 Å². The van der Waals surface area contributed by atoms with Crippen LogP contribution in [-0.2, 0) is 9.59 Å². The summed E-state index contributed by atoms with van der Waals surface area (Å²) in [5, 5.41) is 19.6. The van der Waals surface area contributed by atoms with Crippen LogP contribution in [0.3, 0.4) is 0 Å². The van der Waals surface area contributed by atoms with Crippen LogP contribution >= 0.6 is 0 Å². The van der Waals surface area contributed by atoms with Gasteiger partial charge < -0.3 is 10.2 Å². The first-order chi connectivity index (χ1) is 26.5. The molecule has 0 saturated heterocycles. The normalized spacial score (nSPS) is 12.0. The van der Waals surface area contributed by atoms with Gasteiger partial charge in [-0.15, -0.1) is 0 Å². The molecule has 320 valence electrons. The number of unbranched alkanes of at least 4 members (excludes halogenated alkanes) is 40. The number of carboxylic acid groups (broad SMARTS) is 2. The van der Waals surface area contributed by atoms with E-state index in [1.807, 2.05) is 0 Å². The zero-order valence-corrected chi connectivity index (χ0v) is 36.8. The van der Waals surface area contributed by atoms with Gasteiger partial charge in [-0.05, 0) is 25.7 Å². The van der Waals surface area contributed by atoms with E-state index in [0.717, 1.165) is 38.5 Å². The molecule has 0 aliphatic carbocycles. The highest BCUT2D eigenvalue weighted by Gasteiger charge is 2.19. The first-order valence-corrected chi connectivity index (χ1v) is 24.7. The summed E-state index contributed by atoms with van der Waals surface area (Å²) in [6.07, 6.45) is 56.3. The van der Waals surface area contributed by atoms with Crippen LogP contribution in [0.2, 0.25) is 0 Å². The van der Waals surface area contributed by atoms with Crippen LogP contribution in [0.15, 0.2) is 11.1 Å². The summed E-state index contributed by atoms with van der Waals surface area (Å²) in [5.41, 5.74) is 0.293. The Labute approximate surface area is 338 Å². The van der Waals surface area contributed by atoms with Crippen LogP contribution in [0.5, 0.6) is 0 Å². The monoisotopic (exact) mass is 761 g/mol. The minimum absolute atomic E-state index is 0.147. The molecule has 0 aromatic heterocycles. The Balaban J connectivity index is 3.70. The Morgan fingerprint density at radius 2 is 0.370 bits per heavy atom. The van der Waals surface area contributed by atoms with Crippen LogP contribution in [0.25, 0.3) is 0 Å². The molecule has 0 spiro atoms. The molecule has 0 atom stereocenters. The minimum Gasteiger partial charge on any atom is -0.478 e. The van der Waals surface area contributed by atoms with Crippen molar-refractivity contribution < 1.29 is 19.8 Å². The molecule has 54 heavy (non-hydrogen) atoms. The van der Waals surface area contributed by atoms with E-state index in [0.29, 0.717) is 12.8 Å². The van der Waals surface area contributed by atoms with E-state index in [2.05, 4.69) is 13.8 Å². The molecule has 0 amide bonds. The number of rotatable bonds is 46. The molecular formula is C50H96O4. The van der Waals surface area contributed by atoms with Gasteiger partial charge in [-0.2, -0.15) is 0 Å². The summed E-state index contributed by atoms with van der Waals surface area (Å²) in [4.78, 5) is 24.0. The number of carbonyl (C=O) groups is 2. The molecule has 0 aliphatic rings. The predicted molar refractivity (Wildman–Crippen MR) is 237 cm³/mol. The van der Waals surface area contributed by atoms with Crippen LogP contribution in [0, 0.1) is 0 Å². The lowest BCUT2D eigenvalue weighted by Crippen LogP contribution is -2.12. The van der Waals surface area contributed by atoms with E-state index < -0.39 is 11.9 Å². The maximum Gasteiger partial charge on any atom is 0.332 e. The Morgan fingerprint density at radius 1 is 0.241 bits per heavy atom. The second kappa shape index (κ2) is 44.4. The lowest BCUT2D eigenvalue weighted by molar-refractivity contribution is -0.136. The van der Waals surface area contributed by atoms with Crippen molar-refractivity contribution in [3.05, 3.63) is 11.1 Å². The van der Waals surface area contributed by atoms with Gasteiger partial charge in [0.2, 0.25) is 0 Å². The van der Waals surface area contributed by atoms with Gasteiger partial charge in [-0.25, -0.2) is 9.59 Å². The molecule has 4 heteroatoms. The fourth-order valence-corrected chi connectivity index (χ4v) is 8.24. The molecule has 0 aromatic carbocycles. The van der Waals surface area contributed by atoms with Crippen LogP contribution in [-0.4, -0.2) is 22.2 Å². The Kier molecular flexibility index (Phi) is 43.3. The number of hydrogen-bond acceptors (Lipinski definition) is 2. The molecule has 0 bridgehead atoms. The zero-order chi connectivity index (χ0) is 39.4. The third kappa shape index (κ3) is 38.9. The third-order valence-electron chi connectivity index (χ3n) is 11.9. The van der Waals surface area contributed by atoms with E-state index in [1.54, 1.807) is 0 Å². The molecule has 2 N–H and O–H groups in total. The van der Waals surface area contributed by atoms with Crippen LogP contribution in [0.4, 0.5) is 0 Å². The smallest absolute Gasteiger partial charge is 0.332 e. The van der Waals surface area contributed by atoms with E-state index in [4.69, 9.17) is 0 Å². The molecule has 0 radical (unpaired) electrons. The first kappa shape index (κ1) is 52.7.